The van der Waals surface area contributed by atoms with Crippen molar-refractivity contribution in [3.05, 3.63) is 157 Å². The van der Waals surface area contributed by atoms with Gasteiger partial charge in [-0.1, -0.05) is 129 Å². The maximum absolute atomic E-state index is 6.51. The van der Waals surface area contributed by atoms with E-state index in [-0.39, 0.29) is 5.41 Å². The Hall–Kier alpha value is -6.99. The average molecular weight is 683 g/mol. The van der Waals surface area contributed by atoms with E-state index in [1.807, 2.05) is 78.9 Å². The minimum atomic E-state index is -0.282. The van der Waals surface area contributed by atoms with E-state index >= 15 is 0 Å². The number of furan rings is 1. The second kappa shape index (κ2) is 11.0. The number of para-hydroxylation sites is 1. The summed E-state index contributed by atoms with van der Waals surface area (Å²) in [6, 6.07) is 49.5. The van der Waals surface area contributed by atoms with Gasteiger partial charge in [0.05, 0.1) is 16.9 Å². The Morgan fingerprint density at radius 2 is 1.19 bits per heavy atom. The van der Waals surface area contributed by atoms with Gasteiger partial charge in [0, 0.05) is 49.5 Å². The van der Waals surface area contributed by atoms with Crippen LogP contribution in [0.1, 0.15) is 25.1 Å². The molecule has 0 fully saturated rings. The number of rotatable bonds is 4. The van der Waals surface area contributed by atoms with Crippen LogP contribution >= 0.6 is 0 Å². The fourth-order valence-electron chi connectivity index (χ4n) is 8.06. The van der Waals surface area contributed by atoms with Gasteiger partial charge < -0.3 is 4.42 Å². The van der Waals surface area contributed by atoms with Crippen molar-refractivity contribution in [1.82, 2.24) is 29.5 Å². The minimum absolute atomic E-state index is 0.282. The molecule has 0 bridgehead atoms. The average Bonchev–Trinajstić information content (AvgIpc) is 3.82. The molecule has 6 aromatic carbocycles. The van der Waals surface area contributed by atoms with Gasteiger partial charge in [-0.2, -0.15) is 0 Å². The number of hydrogen-bond donors (Lipinski definition) is 0. The van der Waals surface area contributed by atoms with Crippen LogP contribution in [0.4, 0.5) is 0 Å². The molecular formula is C46H30N6O. The monoisotopic (exact) mass is 682 g/mol. The summed E-state index contributed by atoms with van der Waals surface area (Å²) in [4.78, 5) is 25.9. The Kier molecular flexibility index (Phi) is 6.17. The standard InChI is InChI=1S/C46H30N6O/c1-46(2)34-21-11-9-18-30(34)39-41(46)48-45-40(47-39)31-19-10-12-22-35(31)52(45)29-24-25-36-33(26-29)38-32(20-13-23-37(38)53-36)44-50-42(27-14-5-3-6-15-27)49-43(51-44)28-16-7-4-8-17-28/h3-26H,1-2H3. The molecule has 0 atom stereocenters. The molecule has 7 heteroatoms. The van der Waals surface area contributed by atoms with Crippen LogP contribution in [-0.4, -0.2) is 29.5 Å². The molecule has 0 amide bonds. The number of aromatic nitrogens is 6. The highest BCUT2D eigenvalue weighted by Gasteiger charge is 2.39. The molecule has 0 unspecified atom stereocenters. The third-order valence-corrected chi connectivity index (χ3v) is 10.6. The van der Waals surface area contributed by atoms with Crippen LogP contribution in [0, 0.1) is 0 Å². The minimum Gasteiger partial charge on any atom is -0.456 e. The Morgan fingerprint density at radius 3 is 1.96 bits per heavy atom. The van der Waals surface area contributed by atoms with E-state index in [4.69, 9.17) is 29.3 Å². The predicted molar refractivity (Wildman–Crippen MR) is 211 cm³/mol. The molecule has 0 saturated carbocycles. The van der Waals surface area contributed by atoms with Crippen molar-refractivity contribution in [2.45, 2.75) is 19.3 Å². The normalized spacial score (nSPS) is 13.2. The number of nitrogens with zero attached hydrogens (tertiary/aromatic N) is 6. The van der Waals surface area contributed by atoms with Gasteiger partial charge in [-0.15, -0.1) is 0 Å². The first kappa shape index (κ1) is 29.7. The molecule has 7 nitrogen and oxygen atoms in total. The fraction of sp³-hybridized carbons (Fsp3) is 0.0652. The highest BCUT2D eigenvalue weighted by atomic mass is 16.3. The first-order valence-corrected chi connectivity index (χ1v) is 17.8. The molecule has 0 spiro atoms. The molecule has 0 radical (unpaired) electrons. The lowest BCUT2D eigenvalue weighted by Crippen LogP contribution is -2.17. The summed E-state index contributed by atoms with van der Waals surface area (Å²) in [5.41, 5.74) is 12.1. The molecule has 4 aromatic heterocycles. The predicted octanol–water partition coefficient (Wildman–Crippen LogP) is 11.0. The lowest BCUT2D eigenvalue weighted by atomic mass is 9.85. The van der Waals surface area contributed by atoms with Crippen LogP contribution in [0.2, 0.25) is 0 Å². The maximum atomic E-state index is 6.51. The molecule has 10 aromatic rings. The molecule has 0 saturated heterocycles. The van der Waals surface area contributed by atoms with Gasteiger partial charge in [0.15, 0.2) is 23.1 Å². The van der Waals surface area contributed by atoms with E-state index in [2.05, 4.69) is 85.1 Å². The molecule has 250 valence electrons. The molecule has 1 aliphatic rings. The Labute approximate surface area is 304 Å². The van der Waals surface area contributed by atoms with Crippen LogP contribution in [0.5, 0.6) is 0 Å². The quantitative estimate of drug-likeness (QED) is 0.184. The van der Waals surface area contributed by atoms with Crippen molar-refractivity contribution in [1.29, 1.82) is 0 Å². The van der Waals surface area contributed by atoms with E-state index in [0.717, 1.165) is 83.3 Å². The second-order valence-corrected chi connectivity index (χ2v) is 14.1. The van der Waals surface area contributed by atoms with Crippen LogP contribution < -0.4 is 0 Å². The molecular weight excluding hydrogens is 653 g/mol. The molecule has 4 heterocycles. The Morgan fingerprint density at radius 1 is 0.528 bits per heavy atom. The van der Waals surface area contributed by atoms with E-state index in [0.29, 0.717) is 17.5 Å². The molecule has 11 rings (SSSR count). The highest BCUT2D eigenvalue weighted by Crippen LogP contribution is 2.48. The topological polar surface area (TPSA) is 82.5 Å². The van der Waals surface area contributed by atoms with Crippen molar-refractivity contribution in [2.24, 2.45) is 0 Å². The summed E-state index contributed by atoms with van der Waals surface area (Å²) in [7, 11) is 0. The molecule has 53 heavy (non-hydrogen) atoms. The van der Waals surface area contributed by atoms with Crippen LogP contribution in [0.25, 0.3) is 95.1 Å². The fourth-order valence-corrected chi connectivity index (χ4v) is 8.06. The van der Waals surface area contributed by atoms with Gasteiger partial charge in [0.2, 0.25) is 0 Å². The summed E-state index contributed by atoms with van der Waals surface area (Å²) in [5.74, 6) is 1.80. The van der Waals surface area contributed by atoms with E-state index in [1.165, 1.54) is 5.56 Å². The maximum Gasteiger partial charge on any atom is 0.164 e. The van der Waals surface area contributed by atoms with Crippen molar-refractivity contribution in [3.8, 4) is 51.1 Å². The van der Waals surface area contributed by atoms with E-state index in [9.17, 15) is 0 Å². The smallest absolute Gasteiger partial charge is 0.164 e. The summed E-state index contributed by atoms with van der Waals surface area (Å²) in [5, 5.41) is 2.96. The lowest BCUT2D eigenvalue weighted by molar-refractivity contribution is 0.637. The Balaban J connectivity index is 1.16. The van der Waals surface area contributed by atoms with Gasteiger partial charge in [0.1, 0.15) is 16.7 Å². The first-order chi connectivity index (χ1) is 26.0. The zero-order valence-corrected chi connectivity index (χ0v) is 28.9. The number of fused-ring (bicyclic) bond motifs is 9. The second-order valence-electron chi connectivity index (χ2n) is 14.1. The van der Waals surface area contributed by atoms with Crippen molar-refractivity contribution < 1.29 is 4.42 Å². The van der Waals surface area contributed by atoms with Gasteiger partial charge in [-0.05, 0) is 35.9 Å². The van der Waals surface area contributed by atoms with Gasteiger partial charge in [-0.3, -0.25) is 4.57 Å². The van der Waals surface area contributed by atoms with E-state index in [1.54, 1.807) is 0 Å². The third-order valence-electron chi connectivity index (χ3n) is 10.6. The Bertz CT molecular complexity index is 3030. The molecule has 0 N–H and O–H groups in total. The van der Waals surface area contributed by atoms with Crippen LogP contribution in [0.3, 0.4) is 0 Å². The zero-order chi connectivity index (χ0) is 35.3. The number of hydrogen-bond acceptors (Lipinski definition) is 6. The molecule has 0 aliphatic heterocycles. The number of benzene rings is 6. The van der Waals surface area contributed by atoms with Crippen LogP contribution in [0.15, 0.2) is 150 Å². The van der Waals surface area contributed by atoms with Gasteiger partial charge in [-0.25, -0.2) is 24.9 Å². The first-order valence-electron chi connectivity index (χ1n) is 17.8. The third kappa shape index (κ3) is 4.37. The summed E-state index contributed by atoms with van der Waals surface area (Å²) in [6.07, 6.45) is 0. The largest absolute Gasteiger partial charge is 0.456 e. The highest BCUT2D eigenvalue weighted by molar-refractivity contribution is 6.13. The van der Waals surface area contributed by atoms with Crippen LogP contribution in [-0.2, 0) is 5.41 Å². The van der Waals surface area contributed by atoms with E-state index < -0.39 is 0 Å². The lowest BCUT2D eigenvalue weighted by Gasteiger charge is -2.19. The zero-order valence-electron chi connectivity index (χ0n) is 28.9. The van der Waals surface area contributed by atoms with Gasteiger partial charge >= 0.3 is 0 Å². The van der Waals surface area contributed by atoms with Gasteiger partial charge in [0.25, 0.3) is 0 Å². The van der Waals surface area contributed by atoms with Crippen molar-refractivity contribution in [2.75, 3.05) is 0 Å². The SMILES string of the molecule is CC1(C)c2ccccc2-c2nc3c4ccccc4n(-c4ccc5oc6cccc(-c7nc(-c8ccccc8)nc(-c8ccccc8)n7)c6c5c4)c3nc21. The van der Waals surface area contributed by atoms with Crippen molar-refractivity contribution >= 4 is 44.0 Å². The van der Waals surface area contributed by atoms with Crippen molar-refractivity contribution in [3.63, 3.8) is 0 Å². The summed E-state index contributed by atoms with van der Waals surface area (Å²) >= 11 is 0. The molecule has 1 aliphatic carbocycles. The summed E-state index contributed by atoms with van der Waals surface area (Å²) in [6.45, 7) is 4.48. The summed E-state index contributed by atoms with van der Waals surface area (Å²) < 4.78 is 8.74.